The Bertz CT molecular complexity index is 285. The third-order valence-corrected chi connectivity index (χ3v) is 2.93. The average molecular weight is 213 g/mol. The molecule has 1 aliphatic carbocycles. The summed E-state index contributed by atoms with van der Waals surface area (Å²) in [4.78, 5) is 0. The van der Waals surface area contributed by atoms with Crippen LogP contribution in [0.1, 0.15) is 24.8 Å². The van der Waals surface area contributed by atoms with Crippen LogP contribution in [0.4, 0.5) is 5.13 Å². The van der Waals surface area contributed by atoms with Crippen molar-refractivity contribution in [3.8, 4) is 0 Å². The van der Waals surface area contributed by atoms with E-state index >= 15 is 0 Å². The molecule has 2 rings (SSSR count). The van der Waals surface area contributed by atoms with Gasteiger partial charge in [0.1, 0.15) is 11.6 Å². The molecule has 1 aliphatic rings. The predicted molar refractivity (Wildman–Crippen MR) is 56.5 cm³/mol. The van der Waals surface area contributed by atoms with Crippen molar-refractivity contribution in [3.63, 3.8) is 0 Å². The number of anilines is 1. The maximum Gasteiger partial charge on any atom is 0.205 e. The third-order valence-electron chi connectivity index (χ3n) is 2.07. The van der Waals surface area contributed by atoms with Gasteiger partial charge in [-0.25, -0.2) is 0 Å². The predicted octanol–water partition coefficient (Wildman–Crippen LogP) is 1.90. The van der Waals surface area contributed by atoms with Crippen molar-refractivity contribution < 1.29 is 4.74 Å². The van der Waals surface area contributed by atoms with Gasteiger partial charge in [-0.15, -0.1) is 10.2 Å². The van der Waals surface area contributed by atoms with E-state index in [-0.39, 0.29) is 0 Å². The topological polar surface area (TPSA) is 47.0 Å². The number of rotatable bonds is 6. The van der Waals surface area contributed by atoms with Crippen molar-refractivity contribution in [3.05, 3.63) is 5.01 Å². The molecule has 78 valence electrons. The molecule has 14 heavy (non-hydrogen) atoms. The summed E-state index contributed by atoms with van der Waals surface area (Å²) in [6.45, 7) is 4.43. The zero-order valence-electron chi connectivity index (χ0n) is 8.32. The van der Waals surface area contributed by atoms with E-state index in [2.05, 4.69) is 15.5 Å². The van der Waals surface area contributed by atoms with E-state index in [9.17, 15) is 0 Å². The fraction of sp³-hybridized carbons (Fsp3) is 0.778. The summed E-state index contributed by atoms with van der Waals surface area (Å²) >= 11 is 1.57. The Labute approximate surface area is 87.7 Å². The fourth-order valence-corrected chi connectivity index (χ4v) is 1.88. The van der Waals surface area contributed by atoms with E-state index in [1.807, 2.05) is 6.92 Å². The van der Waals surface area contributed by atoms with Crippen LogP contribution in [0.5, 0.6) is 0 Å². The quantitative estimate of drug-likeness (QED) is 0.784. The number of aromatic nitrogens is 2. The Morgan fingerprint density at radius 2 is 2.36 bits per heavy atom. The summed E-state index contributed by atoms with van der Waals surface area (Å²) < 4.78 is 5.52. The van der Waals surface area contributed by atoms with Gasteiger partial charge in [0, 0.05) is 13.2 Å². The summed E-state index contributed by atoms with van der Waals surface area (Å²) in [6, 6.07) is 0. The summed E-state index contributed by atoms with van der Waals surface area (Å²) in [6.07, 6.45) is 2.66. The van der Waals surface area contributed by atoms with Crippen molar-refractivity contribution in [1.82, 2.24) is 10.2 Å². The van der Waals surface area contributed by atoms with Gasteiger partial charge in [0.2, 0.25) is 5.13 Å². The summed E-state index contributed by atoms with van der Waals surface area (Å²) in [5.41, 5.74) is 0. The van der Waals surface area contributed by atoms with E-state index in [0.29, 0.717) is 6.61 Å². The van der Waals surface area contributed by atoms with Crippen molar-refractivity contribution >= 4 is 16.5 Å². The highest BCUT2D eigenvalue weighted by Crippen LogP contribution is 2.29. The molecule has 0 unspecified atom stereocenters. The second-order valence-electron chi connectivity index (χ2n) is 3.49. The Balaban J connectivity index is 1.71. The largest absolute Gasteiger partial charge is 0.374 e. The monoisotopic (exact) mass is 213 g/mol. The van der Waals surface area contributed by atoms with E-state index in [1.165, 1.54) is 12.8 Å². The van der Waals surface area contributed by atoms with E-state index in [4.69, 9.17) is 4.74 Å². The van der Waals surface area contributed by atoms with Gasteiger partial charge in [-0.2, -0.15) is 0 Å². The van der Waals surface area contributed by atoms with Crippen molar-refractivity contribution in [2.45, 2.75) is 26.4 Å². The summed E-state index contributed by atoms with van der Waals surface area (Å²) in [7, 11) is 0. The van der Waals surface area contributed by atoms with Crippen LogP contribution in [0.25, 0.3) is 0 Å². The number of hydrogen-bond donors (Lipinski definition) is 1. The number of nitrogens with zero attached hydrogens (tertiary/aromatic N) is 2. The number of hydrogen-bond acceptors (Lipinski definition) is 5. The Kier molecular flexibility index (Phi) is 3.31. The van der Waals surface area contributed by atoms with Gasteiger partial charge in [-0.3, -0.25) is 0 Å². The lowest BCUT2D eigenvalue weighted by Gasteiger charge is -1.97. The van der Waals surface area contributed by atoms with E-state index in [1.54, 1.807) is 11.3 Å². The first-order chi connectivity index (χ1) is 6.88. The Morgan fingerprint density at radius 3 is 3.07 bits per heavy atom. The van der Waals surface area contributed by atoms with Crippen LogP contribution in [0.15, 0.2) is 0 Å². The SMILES string of the molecule is CCNc1nnc(COCC2CC2)s1. The maximum absolute atomic E-state index is 5.52. The smallest absolute Gasteiger partial charge is 0.205 e. The second-order valence-corrected chi connectivity index (χ2v) is 4.55. The van der Waals surface area contributed by atoms with Crippen molar-refractivity contribution in [1.29, 1.82) is 0 Å². The zero-order chi connectivity index (χ0) is 9.80. The van der Waals surface area contributed by atoms with Gasteiger partial charge >= 0.3 is 0 Å². The van der Waals surface area contributed by atoms with Crippen LogP contribution >= 0.6 is 11.3 Å². The van der Waals surface area contributed by atoms with Gasteiger partial charge < -0.3 is 10.1 Å². The minimum Gasteiger partial charge on any atom is -0.374 e. The lowest BCUT2D eigenvalue weighted by molar-refractivity contribution is 0.110. The van der Waals surface area contributed by atoms with E-state index < -0.39 is 0 Å². The standard InChI is InChI=1S/C9H15N3OS/c1-2-10-9-12-11-8(14-9)6-13-5-7-3-4-7/h7H,2-6H2,1H3,(H,10,12). The van der Waals surface area contributed by atoms with Crippen LogP contribution in [0.3, 0.4) is 0 Å². The van der Waals surface area contributed by atoms with Crippen molar-refractivity contribution in [2.24, 2.45) is 5.92 Å². The minimum atomic E-state index is 0.611. The van der Waals surface area contributed by atoms with Crippen LogP contribution in [0.2, 0.25) is 0 Å². The molecule has 1 saturated carbocycles. The van der Waals surface area contributed by atoms with Gasteiger partial charge in [0.05, 0.1) is 0 Å². The molecular weight excluding hydrogens is 198 g/mol. The molecule has 0 radical (unpaired) electrons. The molecule has 0 atom stereocenters. The highest BCUT2D eigenvalue weighted by molar-refractivity contribution is 7.15. The molecule has 1 aromatic heterocycles. The first kappa shape index (κ1) is 9.86. The molecule has 1 heterocycles. The first-order valence-electron chi connectivity index (χ1n) is 5.02. The van der Waals surface area contributed by atoms with Crippen LogP contribution in [-0.2, 0) is 11.3 Å². The van der Waals surface area contributed by atoms with Crippen molar-refractivity contribution in [2.75, 3.05) is 18.5 Å². The molecule has 0 aliphatic heterocycles. The van der Waals surface area contributed by atoms with Gasteiger partial charge in [-0.1, -0.05) is 11.3 Å². The van der Waals surface area contributed by atoms with Crippen LogP contribution in [-0.4, -0.2) is 23.3 Å². The molecular formula is C9H15N3OS. The third kappa shape index (κ3) is 2.92. The lowest BCUT2D eigenvalue weighted by Crippen LogP contribution is -1.96. The molecule has 0 bridgehead atoms. The molecule has 0 saturated heterocycles. The lowest BCUT2D eigenvalue weighted by atomic mass is 10.5. The minimum absolute atomic E-state index is 0.611. The number of ether oxygens (including phenoxy) is 1. The van der Waals surface area contributed by atoms with Crippen LogP contribution in [0, 0.1) is 5.92 Å². The maximum atomic E-state index is 5.52. The Hall–Kier alpha value is -0.680. The molecule has 1 aromatic rings. The fourth-order valence-electron chi connectivity index (χ4n) is 1.13. The summed E-state index contributed by atoms with van der Waals surface area (Å²) in [5, 5.41) is 13.0. The summed E-state index contributed by atoms with van der Waals surface area (Å²) in [5.74, 6) is 0.816. The molecule has 0 amide bonds. The highest BCUT2D eigenvalue weighted by Gasteiger charge is 2.21. The normalized spacial score (nSPS) is 15.8. The molecule has 0 spiro atoms. The van der Waals surface area contributed by atoms with Gasteiger partial charge in [0.25, 0.3) is 0 Å². The molecule has 5 heteroatoms. The zero-order valence-corrected chi connectivity index (χ0v) is 9.14. The molecule has 0 aromatic carbocycles. The molecule has 4 nitrogen and oxygen atoms in total. The Morgan fingerprint density at radius 1 is 1.50 bits per heavy atom. The van der Waals surface area contributed by atoms with E-state index in [0.717, 1.165) is 29.2 Å². The van der Waals surface area contributed by atoms with Gasteiger partial charge in [-0.05, 0) is 25.7 Å². The highest BCUT2D eigenvalue weighted by atomic mass is 32.1. The molecule has 1 fully saturated rings. The number of nitrogens with one attached hydrogen (secondary N) is 1. The average Bonchev–Trinajstić information content (AvgIpc) is 2.88. The van der Waals surface area contributed by atoms with Crippen LogP contribution < -0.4 is 5.32 Å². The second kappa shape index (κ2) is 4.70. The first-order valence-corrected chi connectivity index (χ1v) is 5.84. The molecule has 1 N–H and O–H groups in total. The van der Waals surface area contributed by atoms with Gasteiger partial charge in [0.15, 0.2) is 0 Å².